The topological polar surface area (TPSA) is 62.3 Å². The Labute approximate surface area is 228 Å². The number of nitrogens with one attached hydrogen (secondary N) is 1. The van der Waals surface area contributed by atoms with E-state index >= 15 is 0 Å². The number of pyridine rings is 1. The summed E-state index contributed by atoms with van der Waals surface area (Å²) in [5.41, 5.74) is 2.80. The lowest BCUT2D eigenvalue weighted by Crippen LogP contribution is -2.39. The highest BCUT2D eigenvalue weighted by atomic mass is 35.5. The van der Waals surface area contributed by atoms with Gasteiger partial charge in [0.25, 0.3) is 5.91 Å². The van der Waals surface area contributed by atoms with Crippen LogP contribution in [0.15, 0.2) is 48.5 Å². The van der Waals surface area contributed by atoms with Crippen molar-refractivity contribution in [3.63, 3.8) is 0 Å². The maximum atomic E-state index is 13.2. The molecule has 2 aliphatic rings. The first-order valence-corrected chi connectivity index (χ1v) is 14.1. The summed E-state index contributed by atoms with van der Waals surface area (Å²) in [6, 6.07) is 13.5. The number of amides is 1. The Kier molecular flexibility index (Phi) is 8.39. The third-order valence-electron chi connectivity index (χ3n) is 8.33. The van der Waals surface area contributed by atoms with E-state index in [9.17, 15) is 14.0 Å². The number of ketones is 1. The van der Waals surface area contributed by atoms with Crippen LogP contribution in [0.5, 0.6) is 0 Å². The summed E-state index contributed by atoms with van der Waals surface area (Å²) in [6.07, 6.45) is 7.12. The smallest absolute Gasteiger partial charge is 0.253 e. The fraction of sp³-hybridized carbons (Fsp3) is 0.452. The Bertz CT molecular complexity index is 1300. The molecule has 1 saturated carbocycles. The van der Waals surface area contributed by atoms with Crippen LogP contribution < -0.4 is 5.32 Å². The fourth-order valence-corrected chi connectivity index (χ4v) is 6.15. The van der Waals surface area contributed by atoms with E-state index in [2.05, 4.69) is 15.2 Å². The molecule has 1 N–H and O–H groups in total. The molecule has 1 saturated heterocycles. The van der Waals surface area contributed by atoms with Crippen LogP contribution in [0, 0.1) is 24.6 Å². The molecule has 5 nitrogen and oxygen atoms in total. The van der Waals surface area contributed by atoms with Gasteiger partial charge in [0.15, 0.2) is 5.78 Å². The number of halogens is 2. The molecule has 2 fully saturated rings. The zero-order valence-corrected chi connectivity index (χ0v) is 22.6. The van der Waals surface area contributed by atoms with Gasteiger partial charge in [-0.15, -0.1) is 0 Å². The van der Waals surface area contributed by atoms with E-state index in [1.54, 1.807) is 12.1 Å². The molecule has 1 aliphatic heterocycles. The summed E-state index contributed by atoms with van der Waals surface area (Å²) < 4.78 is 13.2. The molecule has 7 heteroatoms. The van der Waals surface area contributed by atoms with Crippen molar-refractivity contribution in [2.45, 2.75) is 57.9 Å². The molecule has 0 radical (unpaired) electrons. The van der Waals surface area contributed by atoms with Gasteiger partial charge in [0.2, 0.25) is 0 Å². The van der Waals surface area contributed by atoms with Gasteiger partial charge >= 0.3 is 0 Å². The van der Waals surface area contributed by atoms with Crippen molar-refractivity contribution in [3.8, 4) is 0 Å². The molecule has 3 aromatic rings. The van der Waals surface area contributed by atoms with Gasteiger partial charge < -0.3 is 10.2 Å². The van der Waals surface area contributed by atoms with Gasteiger partial charge in [-0.3, -0.25) is 14.6 Å². The largest absolute Gasteiger partial charge is 0.349 e. The minimum atomic E-state index is -0.309. The van der Waals surface area contributed by atoms with Crippen LogP contribution in [0.25, 0.3) is 10.9 Å². The molecule has 0 atom stereocenters. The summed E-state index contributed by atoms with van der Waals surface area (Å²) in [6.45, 7) is 4.81. The van der Waals surface area contributed by atoms with Crippen molar-refractivity contribution < 1.29 is 14.0 Å². The number of carbonyl (C=O) groups is 2. The average molecular weight is 536 g/mol. The third-order valence-corrected chi connectivity index (χ3v) is 8.57. The molecule has 2 aromatic carbocycles. The molecule has 1 aliphatic carbocycles. The normalized spacial score (nSPS) is 20.9. The number of carbonyl (C=O) groups excluding carboxylic acids is 2. The molecule has 0 bridgehead atoms. The Hall–Kier alpha value is -2.83. The van der Waals surface area contributed by atoms with E-state index in [-0.39, 0.29) is 29.5 Å². The van der Waals surface area contributed by atoms with Crippen molar-refractivity contribution in [1.29, 1.82) is 0 Å². The van der Waals surface area contributed by atoms with Crippen LogP contribution in [0.3, 0.4) is 0 Å². The monoisotopic (exact) mass is 535 g/mol. The van der Waals surface area contributed by atoms with Gasteiger partial charge in [0.1, 0.15) is 5.82 Å². The second kappa shape index (κ2) is 11.9. The SMILES string of the molecule is Cc1nc2ccc(Cl)cc2cc1C(=O)NC1CCC(CCN2CCC(C(=O)c3ccc(F)cc3)CC2)CC1. The van der Waals surface area contributed by atoms with Crippen molar-refractivity contribution in [1.82, 2.24) is 15.2 Å². The molecule has 1 aromatic heterocycles. The predicted molar refractivity (Wildman–Crippen MR) is 149 cm³/mol. The first-order valence-electron chi connectivity index (χ1n) is 13.8. The number of Topliss-reactive ketones (excluding diaryl/α,β-unsaturated/α-hetero) is 1. The van der Waals surface area contributed by atoms with Gasteiger partial charge in [0, 0.05) is 27.9 Å². The number of piperidine rings is 1. The lowest BCUT2D eigenvalue weighted by Gasteiger charge is -2.34. The molecule has 1 amide bonds. The van der Waals surface area contributed by atoms with E-state index in [0.717, 1.165) is 81.2 Å². The minimum absolute atomic E-state index is 0.0363. The third kappa shape index (κ3) is 6.41. The first kappa shape index (κ1) is 26.8. The van der Waals surface area contributed by atoms with Gasteiger partial charge in [0.05, 0.1) is 16.8 Å². The summed E-state index contributed by atoms with van der Waals surface area (Å²) in [7, 11) is 0. The summed E-state index contributed by atoms with van der Waals surface area (Å²) >= 11 is 6.13. The average Bonchev–Trinajstić information content (AvgIpc) is 2.93. The van der Waals surface area contributed by atoms with Gasteiger partial charge in [-0.2, -0.15) is 0 Å². The molecule has 200 valence electrons. The molecular weight excluding hydrogens is 501 g/mol. The van der Waals surface area contributed by atoms with Crippen molar-refractivity contribution in [2.24, 2.45) is 11.8 Å². The standard InChI is InChI=1S/C31H35ClFN3O2/c1-20-28(19-24-18-25(32)6-11-29(24)34-20)31(38)35-27-9-2-21(3-10-27)12-15-36-16-13-23(14-17-36)30(37)22-4-7-26(33)8-5-22/h4-8,11,18-19,21,23,27H,2-3,9-10,12-17H2,1H3,(H,35,38). The highest BCUT2D eigenvalue weighted by Gasteiger charge is 2.28. The highest BCUT2D eigenvalue weighted by molar-refractivity contribution is 6.31. The lowest BCUT2D eigenvalue weighted by atomic mass is 9.83. The van der Waals surface area contributed by atoms with E-state index in [1.807, 2.05) is 31.2 Å². The molecule has 2 heterocycles. The number of aryl methyl sites for hydroxylation is 1. The number of rotatable bonds is 7. The molecule has 38 heavy (non-hydrogen) atoms. The van der Waals surface area contributed by atoms with Crippen LogP contribution >= 0.6 is 11.6 Å². The fourth-order valence-electron chi connectivity index (χ4n) is 5.97. The van der Waals surface area contributed by atoms with Crippen molar-refractivity contribution in [2.75, 3.05) is 19.6 Å². The quantitative estimate of drug-likeness (QED) is 0.346. The van der Waals surface area contributed by atoms with Crippen LogP contribution in [-0.4, -0.2) is 47.3 Å². The zero-order chi connectivity index (χ0) is 26.6. The molecule has 0 unspecified atom stereocenters. The first-order chi connectivity index (χ1) is 18.4. The van der Waals surface area contributed by atoms with Crippen molar-refractivity contribution >= 4 is 34.2 Å². The van der Waals surface area contributed by atoms with Crippen molar-refractivity contribution in [3.05, 3.63) is 76.2 Å². The molecular formula is C31H35ClFN3O2. The number of aromatic nitrogens is 1. The number of fused-ring (bicyclic) bond motifs is 1. The number of hydrogen-bond acceptors (Lipinski definition) is 4. The van der Waals surface area contributed by atoms with Crippen LogP contribution in [-0.2, 0) is 0 Å². The van der Waals surface area contributed by atoms with Gasteiger partial charge in [-0.05, 0) is 126 Å². The van der Waals surface area contributed by atoms with Crippen LogP contribution in [0.1, 0.15) is 71.4 Å². The summed E-state index contributed by atoms with van der Waals surface area (Å²) in [5.74, 6) is 0.486. The number of nitrogens with zero attached hydrogens (tertiary/aromatic N) is 2. The molecule has 5 rings (SSSR count). The van der Waals surface area contributed by atoms with E-state index < -0.39 is 0 Å². The zero-order valence-electron chi connectivity index (χ0n) is 21.9. The Balaban J connectivity index is 1.04. The Morgan fingerprint density at radius 2 is 1.71 bits per heavy atom. The number of benzene rings is 2. The molecule has 0 spiro atoms. The second-order valence-corrected chi connectivity index (χ2v) is 11.4. The van der Waals surface area contributed by atoms with E-state index in [1.165, 1.54) is 12.1 Å². The van der Waals surface area contributed by atoms with Gasteiger partial charge in [-0.25, -0.2) is 4.39 Å². The lowest BCUT2D eigenvalue weighted by molar-refractivity contribution is 0.0832. The maximum Gasteiger partial charge on any atom is 0.253 e. The minimum Gasteiger partial charge on any atom is -0.349 e. The second-order valence-electron chi connectivity index (χ2n) is 10.9. The maximum absolute atomic E-state index is 13.2. The predicted octanol–water partition coefficient (Wildman–Crippen LogP) is 6.61. The number of likely N-dealkylation sites (tertiary alicyclic amines) is 1. The summed E-state index contributed by atoms with van der Waals surface area (Å²) in [4.78, 5) is 32.8. The van der Waals surface area contributed by atoms with Crippen LogP contribution in [0.4, 0.5) is 4.39 Å². The van der Waals surface area contributed by atoms with E-state index in [0.29, 0.717) is 22.1 Å². The Morgan fingerprint density at radius 3 is 2.42 bits per heavy atom. The summed E-state index contributed by atoms with van der Waals surface area (Å²) in [5, 5.41) is 4.75. The van der Waals surface area contributed by atoms with Gasteiger partial charge in [-0.1, -0.05) is 11.6 Å². The van der Waals surface area contributed by atoms with Crippen LogP contribution in [0.2, 0.25) is 5.02 Å². The van der Waals surface area contributed by atoms with E-state index in [4.69, 9.17) is 11.6 Å². The number of hydrogen-bond donors (Lipinski definition) is 1. The highest BCUT2D eigenvalue weighted by Crippen LogP contribution is 2.29. The Morgan fingerprint density at radius 1 is 1.00 bits per heavy atom.